The Hall–Kier alpha value is -2.70. The van der Waals surface area contributed by atoms with Crippen LogP contribution in [0.15, 0.2) is 24.3 Å². The fourth-order valence-corrected chi connectivity index (χ4v) is 2.42. The number of amides is 3. The Balaban J connectivity index is 1.99. The van der Waals surface area contributed by atoms with Crippen LogP contribution in [0.25, 0.3) is 0 Å². The van der Waals surface area contributed by atoms with Gasteiger partial charge in [0.15, 0.2) is 6.61 Å². The number of hydrogen-bond acceptors (Lipinski definition) is 5. The van der Waals surface area contributed by atoms with Gasteiger partial charge in [-0.05, 0) is 39.3 Å². The second-order valence-electron chi connectivity index (χ2n) is 6.60. The quantitative estimate of drug-likeness (QED) is 0.623. The summed E-state index contributed by atoms with van der Waals surface area (Å²) in [4.78, 5) is 49.5. The fourth-order valence-electron chi connectivity index (χ4n) is 2.42. The van der Waals surface area contributed by atoms with Gasteiger partial charge in [-0.15, -0.1) is 0 Å². The van der Waals surface area contributed by atoms with Crippen LogP contribution in [0.5, 0.6) is 0 Å². The molecule has 1 aromatic rings. The van der Waals surface area contributed by atoms with E-state index in [9.17, 15) is 19.2 Å². The van der Waals surface area contributed by atoms with Crippen molar-refractivity contribution >= 4 is 23.7 Å². The Morgan fingerprint density at radius 1 is 1.16 bits per heavy atom. The monoisotopic (exact) mass is 346 g/mol. The van der Waals surface area contributed by atoms with Crippen LogP contribution in [-0.2, 0) is 14.3 Å². The van der Waals surface area contributed by atoms with Crippen molar-refractivity contribution in [2.75, 3.05) is 6.61 Å². The average molecular weight is 346 g/mol. The maximum atomic E-state index is 12.3. The number of rotatable bonds is 6. The molecule has 7 heteroatoms. The Kier molecular flexibility index (Phi) is 5.25. The van der Waals surface area contributed by atoms with Crippen molar-refractivity contribution in [2.45, 2.75) is 45.7 Å². The summed E-state index contributed by atoms with van der Waals surface area (Å²) in [7, 11) is 0. The molecule has 3 amide bonds. The zero-order chi connectivity index (χ0) is 18.8. The predicted octanol–water partition coefficient (Wildman–Crippen LogP) is 1.52. The van der Waals surface area contributed by atoms with E-state index in [4.69, 9.17) is 4.74 Å². The molecule has 1 atom stereocenters. The number of nitrogens with zero attached hydrogens (tertiary/aromatic N) is 1. The van der Waals surface area contributed by atoms with E-state index in [1.807, 2.05) is 20.8 Å². The number of benzene rings is 1. The molecule has 1 N–H and O–H groups in total. The van der Waals surface area contributed by atoms with Crippen LogP contribution >= 0.6 is 0 Å². The highest BCUT2D eigenvalue weighted by Crippen LogP contribution is 2.24. The average Bonchev–Trinajstić information content (AvgIpc) is 2.83. The standard InChI is InChI=1S/C18H22N2O5/c1-5-18(3,4)19-14(21)10-25-17(24)11(2)20-15(22)12-8-6-7-9-13(12)16(20)23/h6-9,11H,5,10H2,1-4H3,(H,19,21)/t11-/m1/s1. The highest BCUT2D eigenvalue weighted by molar-refractivity contribution is 6.22. The molecule has 0 unspecified atom stereocenters. The number of fused-ring (bicyclic) bond motifs is 1. The Morgan fingerprint density at radius 3 is 2.16 bits per heavy atom. The minimum atomic E-state index is -1.11. The van der Waals surface area contributed by atoms with Crippen LogP contribution < -0.4 is 5.32 Å². The molecule has 0 saturated heterocycles. The van der Waals surface area contributed by atoms with Crippen molar-refractivity contribution in [3.8, 4) is 0 Å². The largest absolute Gasteiger partial charge is 0.454 e. The van der Waals surface area contributed by atoms with Gasteiger partial charge in [-0.25, -0.2) is 4.79 Å². The first-order valence-electron chi connectivity index (χ1n) is 8.12. The lowest BCUT2D eigenvalue weighted by Gasteiger charge is -2.25. The smallest absolute Gasteiger partial charge is 0.329 e. The molecule has 0 radical (unpaired) electrons. The molecular weight excluding hydrogens is 324 g/mol. The van der Waals surface area contributed by atoms with Gasteiger partial charge in [-0.3, -0.25) is 19.3 Å². The first kappa shape index (κ1) is 18.6. The molecule has 0 aliphatic carbocycles. The molecule has 0 aromatic heterocycles. The van der Waals surface area contributed by atoms with Crippen LogP contribution in [0.3, 0.4) is 0 Å². The molecule has 0 bridgehead atoms. The highest BCUT2D eigenvalue weighted by atomic mass is 16.5. The van der Waals surface area contributed by atoms with Crippen LogP contribution in [0.1, 0.15) is 54.8 Å². The Bertz CT molecular complexity index is 691. The Labute approximate surface area is 146 Å². The van der Waals surface area contributed by atoms with Crippen molar-refractivity contribution in [3.05, 3.63) is 35.4 Å². The summed E-state index contributed by atoms with van der Waals surface area (Å²) in [6.45, 7) is 6.58. The van der Waals surface area contributed by atoms with Crippen molar-refractivity contribution in [1.29, 1.82) is 0 Å². The number of carbonyl (C=O) groups excluding carboxylic acids is 4. The lowest BCUT2D eigenvalue weighted by atomic mass is 10.0. The third-order valence-electron chi connectivity index (χ3n) is 4.26. The van der Waals surface area contributed by atoms with E-state index in [1.165, 1.54) is 19.1 Å². The second kappa shape index (κ2) is 7.04. The number of nitrogens with one attached hydrogen (secondary N) is 1. The lowest BCUT2D eigenvalue weighted by Crippen LogP contribution is -2.47. The second-order valence-corrected chi connectivity index (χ2v) is 6.60. The molecule has 1 aromatic carbocycles. The summed E-state index contributed by atoms with van der Waals surface area (Å²) in [6, 6.07) is 5.26. The molecule has 1 aliphatic rings. The molecule has 134 valence electrons. The van der Waals surface area contributed by atoms with Gasteiger partial charge in [-0.1, -0.05) is 19.1 Å². The summed E-state index contributed by atoms with van der Waals surface area (Å²) in [6.07, 6.45) is 0.720. The van der Waals surface area contributed by atoms with Crippen molar-refractivity contribution < 1.29 is 23.9 Å². The van der Waals surface area contributed by atoms with E-state index in [2.05, 4.69) is 5.32 Å². The van der Waals surface area contributed by atoms with E-state index in [0.29, 0.717) is 0 Å². The number of ether oxygens (including phenoxy) is 1. The molecule has 1 aliphatic heterocycles. The van der Waals surface area contributed by atoms with Gasteiger partial charge < -0.3 is 10.1 Å². The van der Waals surface area contributed by atoms with Gasteiger partial charge in [0.05, 0.1) is 11.1 Å². The molecule has 0 saturated carbocycles. The third kappa shape index (κ3) is 3.87. The molecule has 7 nitrogen and oxygen atoms in total. The maximum Gasteiger partial charge on any atom is 0.329 e. The Morgan fingerprint density at radius 2 is 1.68 bits per heavy atom. The fraction of sp³-hybridized carbons (Fsp3) is 0.444. The van der Waals surface area contributed by atoms with Crippen LogP contribution in [0.2, 0.25) is 0 Å². The number of hydrogen-bond donors (Lipinski definition) is 1. The minimum Gasteiger partial charge on any atom is -0.454 e. The van der Waals surface area contributed by atoms with E-state index in [-0.39, 0.29) is 11.1 Å². The summed E-state index contributed by atoms with van der Waals surface area (Å²) < 4.78 is 4.97. The number of esters is 1. The van der Waals surface area contributed by atoms with Crippen molar-refractivity contribution in [1.82, 2.24) is 10.2 Å². The summed E-state index contributed by atoms with van der Waals surface area (Å²) in [5, 5.41) is 2.74. The highest BCUT2D eigenvalue weighted by Gasteiger charge is 2.41. The SMILES string of the molecule is CCC(C)(C)NC(=O)COC(=O)[C@@H](C)N1C(=O)c2ccccc2C1=O. The van der Waals surface area contributed by atoms with Crippen LogP contribution in [-0.4, -0.2) is 46.8 Å². The van der Waals surface area contributed by atoms with Crippen LogP contribution in [0.4, 0.5) is 0 Å². The topological polar surface area (TPSA) is 92.8 Å². The minimum absolute atomic E-state index is 0.259. The molecule has 1 heterocycles. The van der Waals surface area contributed by atoms with Crippen LogP contribution in [0, 0.1) is 0 Å². The molecule has 2 rings (SSSR count). The lowest BCUT2D eigenvalue weighted by molar-refractivity contribution is -0.152. The van der Waals surface area contributed by atoms with E-state index in [0.717, 1.165) is 11.3 Å². The third-order valence-corrected chi connectivity index (χ3v) is 4.26. The molecule has 0 fully saturated rings. The van der Waals surface area contributed by atoms with E-state index < -0.39 is 41.9 Å². The molecule has 0 spiro atoms. The van der Waals surface area contributed by atoms with Gasteiger partial charge in [0, 0.05) is 5.54 Å². The van der Waals surface area contributed by atoms with Gasteiger partial charge >= 0.3 is 5.97 Å². The first-order valence-corrected chi connectivity index (χ1v) is 8.12. The number of carbonyl (C=O) groups is 4. The maximum absolute atomic E-state index is 12.3. The summed E-state index contributed by atoms with van der Waals surface area (Å²) in [5.41, 5.74) is 0.113. The van der Waals surface area contributed by atoms with Gasteiger partial charge in [0.25, 0.3) is 17.7 Å². The van der Waals surface area contributed by atoms with E-state index >= 15 is 0 Å². The first-order chi connectivity index (χ1) is 11.7. The van der Waals surface area contributed by atoms with E-state index in [1.54, 1.807) is 12.1 Å². The summed E-state index contributed by atoms with van der Waals surface area (Å²) >= 11 is 0. The molecular formula is C18H22N2O5. The van der Waals surface area contributed by atoms with Gasteiger partial charge in [0.2, 0.25) is 0 Å². The zero-order valence-electron chi connectivity index (χ0n) is 14.8. The molecule has 25 heavy (non-hydrogen) atoms. The van der Waals surface area contributed by atoms with Gasteiger partial charge in [0.1, 0.15) is 6.04 Å². The van der Waals surface area contributed by atoms with Crippen molar-refractivity contribution in [3.63, 3.8) is 0 Å². The van der Waals surface area contributed by atoms with Crippen molar-refractivity contribution in [2.24, 2.45) is 0 Å². The summed E-state index contributed by atoms with van der Waals surface area (Å²) in [5.74, 6) is -2.32. The normalized spacial score (nSPS) is 15.0. The predicted molar refractivity (Wildman–Crippen MR) is 89.9 cm³/mol. The zero-order valence-corrected chi connectivity index (χ0v) is 14.8. The van der Waals surface area contributed by atoms with Gasteiger partial charge in [-0.2, -0.15) is 0 Å². The number of imide groups is 1.